The number of aryl methyl sites for hydroxylation is 1. The monoisotopic (exact) mass is 238 g/mol. The molecule has 0 aliphatic heterocycles. The average Bonchev–Trinajstić information content (AvgIpc) is 2.28. The Balaban J connectivity index is 2.78. The minimum Gasteiger partial charge on any atom is -0.497 e. The van der Waals surface area contributed by atoms with E-state index in [1.165, 1.54) is 5.56 Å². The van der Waals surface area contributed by atoms with Crippen molar-refractivity contribution in [3.05, 3.63) is 29.3 Å². The van der Waals surface area contributed by atoms with Crippen molar-refractivity contribution in [1.29, 1.82) is 0 Å². The minimum absolute atomic E-state index is 0.213. The van der Waals surface area contributed by atoms with Crippen molar-refractivity contribution in [3.8, 4) is 5.75 Å². The molecule has 3 atom stereocenters. The third-order valence-corrected chi connectivity index (χ3v) is 3.16. The molecule has 0 aliphatic carbocycles. The zero-order valence-electron chi connectivity index (χ0n) is 11.0. The van der Waals surface area contributed by atoms with Gasteiger partial charge in [0.15, 0.2) is 0 Å². The van der Waals surface area contributed by atoms with Gasteiger partial charge in [-0.05, 0) is 49.4 Å². The fourth-order valence-corrected chi connectivity index (χ4v) is 2.01. The molecule has 3 unspecified atom stereocenters. The van der Waals surface area contributed by atoms with Gasteiger partial charge in [0.05, 0.1) is 19.3 Å². The first-order valence-electron chi connectivity index (χ1n) is 5.96. The van der Waals surface area contributed by atoms with Crippen LogP contribution in [0.25, 0.3) is 0 Å². The SMILES string of the molecule is COc1ccc(C(C)CC(O)C(C)O)c(C)c1. The summed E-state index contributed by atoms with van der Waals surface area (Å²) >= 11 is 0. The molecule has 1 aromatic carbocycles. The Labute approximate surface area is 103 Å². The molecule has 0 amide bonds. The van der Waals surface area contributed by atoms with Gasteiger partial charge in [0.1, 0.15) is 5.75 Å². The van der Waals surface area contributed by atoms with Crippen LogP contribution < -0.4 is 4.74 Å². The summed E-state index contributed by atoms with van der Waals surface area (Å²) in [7, 11) is 1.65. The fourth-order valence-electron chi connectivity index (χ4n) is 2.01. The second-order valence-corrected chi connectivity index (χ2v) is 4.67. The number of ether oxygens (including phenoxy) is 1. The molecular formula is C14H22O3. The highest BCUT2D eigenvalue weighted by atomic mass is 16.5. The summed E-state index contributed by atoms with van der Waals surface area (Å²) in [5, 5.41) is 19.0. The van der Waals surface area contributed by atoms with Crippen LogP contribution in [0.5, 0.6) is 5.75 Å². The third-order valence-electron chi connectivity index (χ3n) is 3.16. The molecule has 0 aromatic heterocycles. The molecule has 0 saturated heterocycles. The van der Waals surface area contributed by atoms with Crippen LogP contribution in [0.2, 0.25) is 0 Å². The second-order valence-electron chi connectivity index (χ2n) is 4.67. The Morgan fingerprint density at radius 1 is 1.24 bits per heavy atom. The van der Waals surface area contributed by atoms with E-state index in [0.29, 0.717) is 6.42 Å². The first-order chi connectivity index (χ1) is 7.95. The van der Waals surface area contributed by atoms with Crippen LogP contribution in [-0.2, 0) is 0 Å². The molecule has 0 spiro atoms. The van der Waals surface area contributed by atoms with E-state index in [4.69, 9.17) is 4.74 Å². The van der Waals surface area contributed by atoms with Crippen LogP contribution >= 0.6 is 0 Å². The van der Waals surface area contributed by atoms with Crippen molar-refractivity contribution < 1.29 is 14.9 Å². The maximum absolute atomic E-state index is 9.68. The predicted octanol–water partition coefficient (Wildman–Crippen LogP) is 2.24. The molecule has 96 valence electrons. The summed E-state index contributed by atoms with van der Waals surface area (Å²) in [6.07, 6.45) is -0.798. The van der Waals surface area contributed by atoms with E-state index < -0.39 is 12.2 Å². The lowest BCUT2D eigenvalue weighted by Gasteiger charge is -2.20. The van der Waals surface area contributed by atoms with E-state index >= 15 is 0 Å². The zero-order valence-corrected chi connectivity index (χ0v) is 11.0. The molecule has 0 aliphatic rings. The Hall–Kier alpha value is -1.06. The van der Waals surface area contributed by atoms with Crippen LogP contribution in [0, 0.1) is 6.92 Å². The van der Waals surface area contributed by atoms with Crippen LogP contribution in [0.4, 0.5) is 0 Å². The highest BCUT2D eigenvalue weighted by Gasteiger charge is 2.17. The molecule has 0 fully saturated rings. The first kappa shape index (κ1) is 14.0. The summed E-state index contributed by atoms with van der Waals surface area (Å²) in [6, 6.07) is 5.93. The maximum atomic E-state index is 9.68. The predicted molar refractivity (Wildman–Crippen MR) is 68.5 cm³/mol. The van der Waals surface area contributed by atoms with E-state index in [-0.39, 0.29) is 5.92 Å². The van der Waals surface area contributed by atoms with Gasteiger partial charge in [-0.1, -0.05) is 13.0 Å². The summed E-state index contributed by atoms with van der Waals surface area (Å²) in [5.74, 6) is 1.06. The lowest BCUT2D eigenvalue weighted by Crippen LogP contribution is -2.24. The molecule has 0 heterocycles. The Kier molecular flexibility index (Phi) is 4.97. The highest BCUT2D eigenvalue weighted by Crippen LogP contribution is 2.27. The van der Waals surface area contributed by atoms with Gasteiger partial charge in [-0.25, -0.2) is 0 Å². The van der Waals surface area contributed by atoms with E-state index in [2.05, 4.69) is 6.92 Å². The molecule has 3 nitrogen and oxygen atoms in total. The topological polar surface area (TPSA) is 49.7 Å². The summed E-state index contributed by atoms with van der Waals surface area (Å²) in [6.45, 7) is 5.70. The lowest BCUT2D eigenvalue weighted by atomic mass is 9.90. The smallest absolute Gasteiger partial charge is 0.119 e. The molecule has 17 heavy (non-hydrogen) atoms. The average molecular weight is 238 g/mol. The zero-order chi connectivity index (χ0) is 13.0. The van der Waals surface area contributed by atoms with Crippen molar-refractivity contribution in [2.75, 3.05) is 7.11 Å². The van der Waals surface area contributed by atoms with Crippen molar-refractivity contribution in [2.24, 2.45) is 0 Å². The van der Waals surface area contributed by atoms with Gasteiger partial charge >= 0.3 is 0 Å². The van der Waals surface area contributed by atoms with Gasteiger partial charge < -0.3 is 14.9 Å². The largest absolute Gasteiger partial charge is 0.497 e. The Morgan fingerprint density at radius 3 is 2.35 bits per heavy atom. The van der Waals surface area contributed by atoms with E-state index in [0.717, 1.165) is 11.3 Å². The van der Waals surface area contributed by atoms with Crippen LogP contribution in [0.15, 0.2) is 18.2 Å². The van der Waals surface area contributed by atoms with Crippen molar-refractivity contribution in [3.63, 3.8) is 0 Å². The van der Waals surface area contributed by atoms with E-state index in [9.17, 15) is 10.2 Å². The quantitative estimate of drug-likeness (QED) is 0.827. The van der Waals surface area contributed by atoms with Gasteiger partial charge in [0, 0.05) is 0 Å². The molecule has 2 N–H and O–H groups in total. The van der Waals surface area contributed by atoms with Crippen LogP contribution in [-0.4, -0.2) is 29.5 Å². The normalized spacial score (nSPS) is 16.4. The lowest BCUT2D eigenvalue weighted by molar-refractivity contribution is 0.0227. The van der Waals surface area contributed by atoms with Gasteiger partial charge in [-0.2, -0.15) is 0 Å². The molecule has 3 heteroatoms. The van der Waals surface area contributed by atoms with Crippen molar-refractivity contribution in [2.45, 2.75) is 45.3 Å². The molecular weight excluding hydrogens is 216 g/mol. The van der Waals surface area contributed by atoms with E-state index in [1.807, 2.05) is 25.1 Å². The van der Waals surface area contributed by atoms with Crippen molar-refractivity contribution >= 4 is 0 Å². The van der Waals surface area contributed by atoms with Gasteiger partial charge in [0.2, 0.25) is 0 Å². The third kappa shape index (κ3) is 3.72. The van der Waals surface area contributed by atoms with E-state index in [1.54, 1.807) is 14.0 Å². The van der Waals surface area contributed by atoms with Crippen molar-refractivity contribution in [1.82, 2.24) is 0 Å². The molecule has 0 radical (unpaired) electrons. The number of hydrogen-bond donors (Lipinski definition) is 2. The van der Waals surface area contributed by atoms with Crippen LogP contribution in [0.3, 0.4) is 0 Å². The molecule has 0 saturated carbocycles. The number of aliphatic hydroxyl groups excluding tert-OH is 2. The van der Waals surface area contributed by atoms with Crippen LogP contribution in [0.1, 0.15) is 37.3 Å². The molecule has 1 aromatic rings. The summed E-state index contributed by atoms with van der Waals surface area (Å²) in [4.78, 5) is 0. The Bertz CT molecular complexity index is 360. The number of hydrogen-bond acceptors (Lipinski definition) is 3. The molecule has 0 bridgehead atoms. The standard InChI is InChI=1S/C14H22O3/c1-9-7-12(17-4)5-6-13(9)10(2)8-14(16)11(3)15/h5-7,10-11,14-16H,8H2,1-4H3. The number of methoxy groups -OCH3 is 1. The first-order valence-corrected chi connectivity index (χ1v) is 5.96. The van der Waals surface area contributed by atoms with Gasteiger partial charge in [-0.3, -0.25) is 0 Å². The summed E-state index contributed by atoms with van der Waals surface area (Å²) < 4.78 is 5.16. The number of benzene rings is 1. The highest BCUT2D eigenvalue weighted by molar-refractivity contribution is 5.36. The minimum atomic E-state index is -0.684. The molecule has 1 rings (SSSR count). The Morgan fingerprint density at radius 2 is 1.88 bits per heavy atom. The summed E-state index contributed by atoms with van der Waals surface area (Å²) in [5.41, 5.74) is 2.33. The number of rotatable bonds is 5. The number of aliphatic hydroxyl groups is 2. The van der Waals surface area contributed by atoms with Gasteiger partial charge in [0.25, 0.3) is 0 Å². The van der Waals surface area contributed by atoms with Gasteiger partial charge in [-0.15, -0.1) is 0 Å². The fraction of sp³-hybridized carbons (Fsp3) is 0.571. The maximum Gasteiger partial charge on any atom is 0.119 e. The second kappa shape index (κ2) is 6.03.